The second-order valence-electron chi connectivity index (χ2n) is 7.37. The quantitative estimate of drug-likeness (QED) is 0.638. The van der Waals surface area contributed by atoms with Crippen LogP contribution < -0.4 is 19.5 Å². The number of rotatable bonds is 10. The highest BCUT2D eigenvalue weighted by molar-refractivity contribution is 5.45. The van der Waals surface area contributed by atoms with E-state index in [4.69, 9.17) is 18.9 Å². The molecule has 1 aliphatic heterocycles. The van der Waals surface area contributed by atoms with Gasteiger partial charge in [0.05, 0.1) is 14.2 Å². The molecule has 0 amide bonds. The molecule has 1 saturated heterocycles. The van der Waals surface area contributed by atoms with Gasteiger partial charge in [-0.05, 0) is 42.7 Å². The van der Waals surface area contributed by atoms with Gasteiger partial charge in [0.2, 0.25) is 0 Å². The highest BCUT2D eigenvalue weighted by Crippen LogP contribution is 2.38. The SMILES string of the molecule is COc1ccc(C2(CNC[C@H](O)COc3ccccc3)CCOCC2)cc1OC. The molecule has 2 N–H and O–H groups in total. The first-order chi connectivity index (χ1) is 14.2. The average Bonchev–Trinajstić information content (AvgIpc) is 2.78. The summed E-state index contributed by atoms with van der Waals surface area (Å²) >= 11 is 0. The highest BCUT2D eigenvalue weighted by atomic mass is 16.5. The summed E-state index contributed by atoms with van der Waals surface area (Å²) < 4.78 is 22.1. The van der Waals surface area contributed by atoms with Crippen LogP contribution in [0.4, 0.5) is 0 Å². The molecule has 0 radical (unpaired) electrons. The standard InChI is InChI=1S/C23H31NO5/c1-26-21-9-8-18(14-22(21)27-2)23(10-12-28-13-11-23)17-24-15-19(25)16-29-20-6-4-3-5-7-20/h3-9,14,19,24-25H,10-13,15-17H2,1-2H3/t19-/m0/s1. The van der Waals surface area contributed by atoms with Crippen molar-refractivity contribution in [3.05, 3.63) is 54.1 Å². The molecule has 1 atom stereocenters. The topological polar surface area (TPSA) is 69.2 Å². The normalized spacial score (nSPS) is 16.8. The monoisotopic (exact) mass is 401 g/mol. The van der Waals surface area contributed by atoms with Gasteiger partial charge in [-0.1, -0.05) is 24.3 Å². The van der Waals surface area contributed by atoms with Crippen LogP contribution in [0.3, 0.4) is 0 Å². The fourth-order valence-electron chi connectivity index (χ4n) is 3.74. The van der Waals surface area contributed by atoms with E-state index in [0.717, 1.165) is 49.8 Å². The fourth-order valence-corrected chi connectivity index (χ4v) is 3.74. The summed E-state index contributed by atoms with van der Waals surface area (Å²) in [6.45, 7) is 2.89. The number of hydrogen-bond donors (Lipinski definition) is 2. The lowest BCUT2D eigenvalue weighted by atomic mass is 9.74. The Kier molecular flexibility index (Phi) is 7.75. The van der Waals surface area contributed by atoms with Crippen molar-refractivity contribution in [3.8, 4) is 17.2 Å². The predicted octanol–water partition coefficient (Wildman–Crippen LogP) is 2.78. The molecule has 1 heterocycles. The third-order valence-corrected chi connectivity index (χ3v) is 5.47. The Morgan fingerprint density at radius 2 is 1.76 bits per heavy atom. The molecule has 3 rings (SSSR count). The lowest BCUT2D eigenvalue weighted by Gasteiger charge is -2.38. The van der Waals surface area contributed by atoms with Gasteiger partial charge < -0.3 is 29.4 Å². The molecule has 0 unspecified atom stereocenters. The molecular weight excluding hydrogens is 370 g/mol. The molecule has 158 valence electrons. The number of ether oxygens (including phenoxy) is 4. The number of hydrogen-bond acceptors (Lipinski definition) is 6. The van der Waals surface area contributed by atoms with Crippen LogP contribution in [0.2, 0.25) is 0 Å². The average molecular weight is 402 g/mol. The molecule has 0 bridgehead atoms. The molecule has 29 heavy (non-hydrogen) atoms. The molecule has 1 fully saturated rings. The van der Waals surface area contributed by atoms with Crippen LogP contribution in [0.25, 0.3) is 0 Å². The Bertz CT molecular complexity index is 746. The Labute approximate surface area is 172 Å². The minimum absolute atomic E-state index is 0.0716. The van der Waals surface area contributed by atoms with Gasteiger partial charge in [0.15, 0.2) is 11.5 Å². The van der Waals surface area contributed by atoms with Crippen molar-refractivity contribution in [1.29, 1.82) is 0 Å². The van der Waals surface area contributed by atoms with Gasteiger partial charge in [-0.2, -0.15) is 0 Å². The van der Waals surface area contributed by atoms with E-state index in [-0.39, 0.29) is 12.0 Å². The van der Waals surface area contributed by atoms with Gasteiger partial charge in [-0.25, -0.2) is 0 Å². The minimum Gasteiger partial charge on any atom is -0.493 e. The molecule has 0 aliphatic carbocycles. The van der Waals surface area contributed by atoms with E-state index in [1.165, 1.54) is 5.56 Å². The number of aliphatic hydroxyl groups excluding tert-OH is 1. The first kappa shape index (κ1) is 21.4. The maximum atomic E-state index is 10.3. The number of nitrogens with one attached hydrogen (secondary N) is 1. The maximum absolute atomic E-state index is 10.3. The second-order valence-corrected chi connectivity index (χ2v) is 7.37. The largest absolute Gasteiger partial charge is 0.493 e. The van der Waals surface area contributed by atoms with Crippen molar-refractivity contribution in [2.45, 2.75) is 24.4 Å². The molecule has 2 aromatic rings. The molecule has 6 nitrogen and oxygen atoms in total. The number of methoxy groups -OCH3 is 2. The van der Waals surface area contributed by atoms with Crippen molar-refractivity contribution in [2.24, 2.45) is 0 Å². The highest BCUT2D eigenvalue weighted by Gasteiger charge is 2.35. The van der Waals surface area contributed by atoms with E-state index in [1.54, 1.807) is 14.2 Å². The van der Waals surface area contributed by atoms with Crippen molar-refractivity contribution in [2.75, 3.05) is 47.1 Å². The van der Waals surface area contributed by atoms with Crippen molar-refractivity contribution in [1.82, 2.24) is 5.32 Å². The van der Waals surface area contributed by atoms with Crippen LogP contribution in [0, 0.1) is 0 Å². The van der Waals surface area contributed by atoms with Crippen LogP contribution in [0.15, 0.2) is 48.5 Å². The van der Waals surface area contributed by atoms with Crippen LogP contribution in [0.5, 0.6) is 17.2 Å². The predicted molar refractivity (Wildman–Crippen MR) is 112 cm³/mol. The molecule has 0 spiro atoms. The zero-order valence-corrected chi connectivity index (χ0v) is 17.2. The maximum Gasteiger partial charge on any atom is 0.161 e. The molecule has 2 aromatic carbocycles. The van der Waals surface area contributed by atoms with Gasteiger partial charge in [-0.15, -0.1) is 0 Å². The Morgan fingerprint density at radius 3 is 2.45 bits per heavy atom. The van der Waals surface area contributed by atoms with Crippen LogP contribution in [0.1, 0.15) is 18.4 Å². The summed E-state index contributed by atoms with van der Waals surface area (Å²) in [5, 5.41) is 13.7. The second kappa shape index (κ2) is 10.5. The van der Waals surface area contributed by atoms with Gasteiger partial charge >= 0.3 is 0 Å². The Morgan fingerprint density at radius 1 is 1.03 bits per heavy atom. The van der Waals surface area contributed by atoms with E-state index in [1.807, 2.05) is 36.4 Å². The van der Waals surface area contributed by atoms with E-state index in [0.29, 0.717) is 6.54 Å². The zero-order valence-electron chi connectivity index (χ0n) is 17.2. The van der Waals surface area contributed by atoms with Crippen LogP contribution >= 0.6 is 0 Å². The summed E-state index contributed by atoms with van der Waals surface area (Å²) in [6, 6.07) is 15.6. The zero-order chi connectivity index (χ0) is 20.5. The summed E-state index contributed by atoms with van der Waals surface area (Å²) in [5.74, 6) is 2.21. The molecule has 0 saturated carbocycles. The van der Waals surface area contributed by atoms with Gasteiger partial charge in [-0.3, -0.25) is 0 Å². The molecule has 1 aliphatic rings. The molecule has 6 heteroatoms. The summed E-state index contributed by atoms with van der Waals surface area (Å²) in [4.78, 5) is 0. The lowest BCUT2D eigenvalue weighted by Crippen LogP contribution is -2.45. The number of aliphatic hydroxyl groups is 1. The van der Waals surface area contributed by atoms with Crippen molar-refractivity contribution >= 4 is 0 Å². The van der Waals surface area contributed by atoms with Crippen LogP contribution in [-0.2, 0) is 10.2 Å². The third kappa shape index (κ3) is 5.63. The third-order valence-electron chi connectivity index (χ3n) is 5.47. The first-order valence-electron chi connectivity index (χ1n) is 10.0. The van der Waals surface area contributed by atoms with E-state index < -0.39 is 6.10 Å². The summed E-state index contributed by atoms with van der Waals surface area (Å²) in [6.07, 6.45) is 1.23. The van der Waals surface area contributed by atoms with E-state index in [2.05, 4.69) is 17.4 Å². The van der Waals surface area contributed by atoms with Gasteiger partial charge in [0.25, 0.3) is 0 Å². The van der Waals surface area contributed by atoms with Crippen molar-refractivity contribution < 1.29 is 24.1 Å². The minimum atomic E-state index is -0.586. The van der Waals surface area contributed by atoms with Crippen LogP contribution in [-0.4, -0.2) is 58.3 Å². The Balaban J connectivity index is 1.60. The summed E-state index contributed by atoms with van der Waals surface area (Å²) in [5.41, 5.74) is 1.12. The number of benzene rings is 2. The lowest BCUT2D eigenvalue weighted by molar-refractivity contribution is 0.0469. The van der Waals surface area contributed by atoms with E-state index >= 15 is 0 Å². The van der Waals surface area contributed by atoms with Crippen molar-refractivity contribution in [3.63, 3.8) is 0 Å². The van der Waals surface area contributed by atoms with E-state index in [9.17, 15) is 5.11 Å². The Hall–Kier alpha value is -2.28. The fraction of sp³-hybridized carbons (Fsp3) is 0.478. The summed E-state index contributed by atoms with van der Waals surface area (Å²) in [7, 11) is 3.29. The van der Waals surface area contributed by atoms with Gasteiger partial charge in [0, 0.05) is 31.7 Å². The molecular formula is C23H31NO5. The van der Waals surface area contributed by atoms with Gasteiger partial charge in [0.1, 0.15) is 18.5 Å². The molecule has 0 aromatic heterocycles. The number of para-hydroxylation sites is 1. The first-order valence-corrected chi connectivity index (χ1v) is 10.0. The smallest absolute Gasteiger partial charge is 0.161 e.